The molecule has 8 nitrogen and oxygen atoms in total. The van der Waals surface area contributed by atoms with Gasteiger partial charge >= 0.3 is 254 Å². The third kappa shape index (κ3) is 14.4. The predicted octanol–water partition coefficient (Wildman–Crippen LogP) is 8.14. The average Bonchev–Trinajstić information content (AvgIpc) is 2.94. The number of carbonyl (C=O) groups excluding carboxylic acids is 4. The molecule has 0 aromatic carbocycles. The molecule has 0 fully saturated rings. The Kier molecular flexibility index (Phi) is 21.0. The summed E-state index contributed by atoms with van der Waals surface area (Å²) in [5.74, 6) is -3.31. The molecule has 9 heteroatoms. The standard InChI is InChI=1S/4C8H14O2.Sn/c4*1-3-5-6-7(4-2)8(9)10;/h4*6H,3-5H2,1-2H3,(H,9,10);/q;;;;+4/p-4. The van der Waals surface area contributed by atoms with Gasteiger partial charge in [-0.3, -0.25) is 0 Å². The Bertz CT molecular complexity index is 817. The zero-order valence-electron chi connectivity index (χ0n) is 26.6. The molecule has 0 heterocycles. The molecule has 0 saturated carbocycles. The fourth-order valence-electron chi connectivity index (χ4n) is 3.60. The third-order valence-electron chi connectivity index (χ3n) is 6.16. The van der Waals surface area contributed by atoms with Crippen LogP contribution < -0.4 is 0 Å². The van der Waals surface area contributed by atoms with Crippen LogP contribution >= 0.6 is 0 Å². The van der Waals surface area contributed by atoms with Gasteiger partial charge in [-0.15, -0.1) is 0 Å². The van der Waals surface area contributed by atoms with Crippen molar-refractivity contribution in [3.05, 3.63) is 46.6 Å². The zero-order chi connectivity index (χ0) is 31.3. The maximum atomic E-state index is 13.4. The van der Waals surface area contributed by atoms with Crippen LogP contribution in [0.4, 0.5) is 0 Å². The van der Waals surface area contributed by atoms with Gasteiger partial charge < -0.3 is 0 Å². The third-order valence-corrected chi connectivity index (χ3v) is 11.1. The van der Waals surface area contributed by atoms with Gasteiger partial charge in [0.25, 0.3) is 0 Å². The Morgan fingerprint density at radius 3 is 0.756 bits per heavy atom. The van der Waals surface area contributed by atoms with E-state index in [4.69, 9.17) is 12.3 Å². The Morgan fingerprint density at radius 2 is 0.610 bits per heavy atom. The zero-order valence-corrected chi connectivity index (χ0v) is 29.4. The van der Waals surface area contributed by atoms with Crippen LogP contribution in [0, 0.1) is 0 Å². The quantitative estimate of drug-likeness (QED) is 0.0936. The topological polar surface area (TPSA) is 105 Å². The van der Waals surface area contributed by atoms with Gasteiger partial charge in [0.1, 0.15) is 0 Å². The number of rotatable bonds is 20. The van der Waals surface area contributed by atoms with Crippen molar-refractivity contribution in [2.75, 3.05) is 0 Å². The predicted molar refractivity (Wildman–Crippen MR) is 163 cm³/mol. The Balaban J connectivity index is 7.05. The molecule has 0 aliphatic heterocycles. The first-order valence-electron chi connectivity index (χ1n) is 15.3. The van der Waals surface area contributed by atoms with Crippen molar-refractivity contribution >= 4 is 43.9 Å². The first-order valence-corrected chi connectivity index (χ1v) is 20.0. The van der Waals surface area contributed by atoms with Crippen LogP contribution in [0.5, 0.6) is 0 Å². The van der Waals surface area contributed by atoms with Gasteiger partial charge in [-0.2, -0.15) is 0 Å². The normalized spacial score (nSPS) is 14.2. The van der Waals surface area contributed by atoms with Crippen molar-refractivity contribution in [1.29, 1.82) is 0 Å². The van der Waals surface area contributed by atoms with Crippen molar-refractivity contribution in [2.45, 2.75) is 132 Å². The van der Waals surface area contributed by atoms with Crippen molar-refractivity contribution in [3.63, 3.8) is 0 Å². The van der Waals surface area contributed by atoms with Crippen molar-refractivity contribution in [1.82, 2.24) is 0 Å². The van der Waals surface area contributed by atoms with E-state index in [0.29, 0.717) is 73.7 Å². The minimum absolute atomic E-state index is 0.322. The summed E-state index contributed by atoms with van der Waals surface area (Å²) >= 11 is -6.12. The van der Waals surface area contributed by atoms with Crippen LogP contribution in [0.2, 0.25) is 0 Å². The van der Waals surface area contributed by atoms with Gasteiger partial charge in [-0.05, 0) is 0 Å². The molecule has 0 bridgehead atoms. The molecule has 41 heavy (non-hydrogen) atoms. The molecule has 0 aromatic heterocycles. The van der Waals surface area contributed by atoms with E-state index in [1.54, 1.807) is 52.0 Å². The molecule has 0 saturated heterocycles. The fraction of sp³-hybridized carbons (Fsp3) is 0.625. The van der Waals surface area contributed by atoms with Gasteiger partial charge in [-0.25, -0.2) is 0 Å². The van der Waals surface area contributed by atoms with Gasteiger partial charge in [0.15, 0.2) is 0 Å². The molecule has 0 aliphatic carbocycles. The monoisotopic (exact) mass is 684 g/mol. The molecular formula is C32H52O8Sn. The summed E-state index contributed by atoms with van der Waals surface area (Å²) in [5, 5.41) is 0. The van der Waals surface area contributed by atoms with Gasteiger partial charge in [0.05, 0.1) is 0 Å². The van der Waals surface area contributed by atoms with Gasteiger partial charge in [0, 0.05) is 0 Å². The van der Waals surface area contributed by atoms with E-state index in [1.807, 2.05) is 27.7 Å². The van der Waals surface area contributed by atoms with Crippen molar-refractivity contribution in [2.24, 2.45) is 0 Å². The molecule has 0 aliphatic rings. The molecule has 0 radical (unpaired) electrons. The molecule has 0 atom stereocenters. The van der Waals surface area contributed by atoms with E-state index in [2.05, 4.69) is 0 Å². The van der Waals surface area contributed by atoms with Crippen LogP contribution in [0.25, 0.3) is 0 Å². The molecule has 0 spiro atoms. The number of hydrogen-bond acceptors (Lipinski definition) is 8. The molecule has 0 N–H and O–H groups in total. The van der Waals surface area contributed by atoms with Gasteiger partial charge in [-0.1, -0.05) is 0 Å². The molecule has 232 valence electrons. The van der Waals surface area contributed by atoms with E-state index in [-0.39, 0.29) is 0 Å². The van der Waals surface area contributed by atoms with Crippen molar-refractivity contribution < 1.29 is 31.5 Å². The van der Waals surface area contributed by atoms with Gasteiger partial charge in [0.2, 0.25) is 0 Å². The summed E-state index contributed by atoms with van der Waals surface area (Å²) in [6, 6.07) is 0. The summed E-state index contributed by atoms with van der Waals surface area (Å²) < 4.78 is 23.2. The molecule has 0 unspecified atom stereocenters. The number of hydrogen-bond donors (Lipinski definition) is 0. The summed E-state index contributed by atoms with van der Waals surface area (Å²) in [7, 11) is 0. The molecule has 0 aromatic rings. The molecule has 0 amide bonds. The van der Waals surface area contributed by atoms with Crippen LogP contribution in [-0.2, 0) is 31.5 Å². The van der Waals surface area contributed by atoms with E-state index >= 15 is 0 Å². The number of carbonyl (C=O) groups is 4. The summed E-state index contributed by atoms with van der Waals surface area (Å²) in [5.41, 5.74) is 1.29. The van der Waals surface area contributed by atoms with E-state index in [1.165, 1.54) is 0 Å². The second-order valence-electron chi connectivity index (χ2n) is 9.54. The Hall–Kier alpha value is -2.36. The average molecular weight is 683 g/mol. The number of unbranched alkanes of at least 4 members (excludes halogenated alkanes) is 4. The van der Waals surface area contributed by atoms with Crippen molar-refractivity contribution in [3.8, 4) is 0 Å². The minimum atomic E-state index is -6.12. The van der Waals surface area contributed by atoms with E-state index in [9.17, 15) is 19.2 Å². The van der Waals surface area contributed by atoms with Crippen LogP contribution in [0.1, 0.15) is 132 Å². The fourth-order valence-corrected chi connectivity index (χ4v) is 8.41. The first-order chi connectivity index (χ1) is 19.6. The van der Waals surface area contributed by atoms with E-state index in [0.717, 1.165) is 25.7 Å². The summed E-state index contributed by atoms with van der Waals surface area (Å²) in [4.78, 5) is 53.7. The second kappa shape index (κ2) is 22.3. The first kappa shape index (κ1) is 38.6. The maximum absolute atomic E-state index is 13.4. The van der Waals surface area contributed by atoms with E-state index < -0.39 is 43.9 Å². The molecule has 0 rings (SSSR count). The Morgan fingerprint density at radius 1 is 0.415 bits per heavy atom. The SMILES string of the molecule is CCCC=C(CC)C(=O)[O][Sn]([O]C(=O)C(=CCCC)CC)([O]C(=O)C(=CCCC)CC)[O]C(=O)C(=CCCC)CC. The molecular weight excluding hydrogens is 631 g/mol. The van der Waals surface area contributed by atoms with Crippen LogP contribution in [0.15, 0.2) is 46.6 Å². The Labute approximate surface area is 253 Å². The summed E-state index contributed by atoms with van der Waals surface area (Å²) in [6.45, 7) is 15.1. The van der Waals surface area contributed by atoms with Crippen LogP contribution in [0.3, 0.4) is 0 Å². The van der Waals surface area contributed by atoms with Crippen LogP contribution in [-0.4, -0.2) is 43.9 Å². The second-order valence-corrected chi connectivity index (χ2v) is 14.7. The summed E-state index contributed by atoms with van der Waals surface area (Å²) in [6.07, 6.45) is 14.0. The number of allylic oxidation sites excluding steroid dienone is 4.